The molecule has 0 bridgehead atoms. The fourth-order valence-electron chi connectivity index (χ4n) is 2.56. The van der Waals surface area contributed by atoms with Crippen molar-refractivity contribution in [2.45, 2.75) is 0 Å². The SMILES string of the molecule is c1ccc([Se]c2ccc3ccccc3c2Nc2ncccn2)cc1. The summed E-state index contributed by atoms with van der Waals surface area (Å²) in [6, 6.07) is 25.2. The Morgan fingerprint density at radius 1 is 0.708 bits per heavy atom. The zero-order valence-electron chi connectivity index (χ0n) is 12.9. The molecular weight excluding hydrogens is 361 g/mol. The van der Waals surface area contributed by atoms with Crippen molar-refractivity contribution >= 4 is 46.3 Å². The van der Waals surface area contributed by atoms with Gasteiger partial charge in [0.25, 0.3) is 0 Å². The van der Waals surface area contributed by atoms with E-state index in [4.69, 9.17) is 0 Å². The van der Waals surface area contributed by atoms with Crippen LogP contribution in [0, 0.1) is 0 Å². The second-order valence-corrected chi connectivity index (χ2v) is 7.61. The molecule has 116 valence electrons. The van der Waals surface area contributed by atoms with Gasteiger partial charge in [0.15, 0.2) is 0 Å². The summed E-state index contributed by atoms with van der Waals surface area (Å²) in [7, 11) is 0. The average Bonchev–Trinajstić information content (AvgIpc) is 2.65. The second-order valence-electron chi connectivity index (χ2n) is 5.27. The Bertz CT molecular complexity index is 956. The van der Waals surface area contributed by atoms with Crippen molar-refractivity contribution in [1.29, 1.82) is 0 Å². The minimum atomic E-state index is 0.211. The summed E-state index contributed by atoms with van der Waals surface area (Å²) in [4.78, 5) is 8.63. The van der Waals surface area contributed by atoms with Crippen LogP contribution in [0.3, 0.4) is 0 Å². The maximum absolute atomic E-state index is 4.31. The predicted molar refractivity (Wildman–Crippen MR) is 101 cm³/mol. The van der Waals surface area contributed by atoms with Gasteiger partial charge in [-0.15, -0.1) is 0 Å². The van der Waals surface area contributed by atoms with E-state index in [1.807, 2.05) is 6.07 Å². The third-order valence-electron chi connectivity index (χ3n) is 3.66. The Labute approximate surface area is 146 Å². The van der Waals surface area contributed by atoms with Gasteiger partial charge in [-0.1, -0.05) is 0 Å². The molecule has 0 fully saturated rings. The first kappa shape index (κ1) is 14.9. The van der Waals surface area contributed by atoms with Gasteiger partial charge in [-0.3, -0.25) is 0 Å². The molecule has 0 unspecified atom stereocenters. The molecule has 0 aliphatic carbocycles. The van der Waals surface area contributed by atoms with Crippen molar-refractivity contribution in [2.75, 3.05) is 5.32 Å². The first-order chi connectivity index (χ1) is 11.9. The standard InChI is InChI=1S/C20H15N3Se/c1-2-8-16(9-3-1)24-18-12-11-15-7-4-5-10-17(15)19(18)23-20-21-13-6-14-22-20/h1-14H,(H,21,22,23). The number of anilines is 2. The Kier molecular flexibility index (Phi) is 4.24. The van der Waals surface area contributed by atoms with E-state index in [1.165, 1.54) is 19.7 Å². The zero-order valence-corrected chi connectivity index (χ0v) is 14.6. The van der Waals surface area contributed by atoms with Crippen molar-refractivity contribution in [1.82, 2.24) is 9.97 Å². The second kappa shape index (κ2) is 6.83. The van der Waals surface area contributed by atoms with Crippen LogP contribution in [0.25, 0.3) is 10.8 Å². The van der Waals surface area contributed by atoms with E-state index >= 15 is 0 Å². The van der Waals surface area contributed by atoms with Crippen LogP contribution in [-0.2, 0) is 0 Å². The third kappa shape index (κ3) is 3.16. The number of benzene rings is 3. The van der Waals surface area contributed by atoms with Crippen LogP contribution in [-0.4, -0.2) is 24.9 Å². The predicted octanol–water partition coefficient (Wildman–Crippen LogP) is 3.03. The molecule has 3 nitrogen and oxygen atoms in total. The summed E-state index contributed by atoms with van der Waals surface area (Å²) in [6.45, 7) is 0. The summed E-state index contributed by atoms with van der Waals surface area (Å²) in [5.41, 5.74) is 1.10. The average molecular weight is 376 g/mol. The molecule has 0 radical (unpaired) electrons. The van der Waals surface area contributed by atoms with Crippen molar-refractivity contribution in [3.05, 3.63) is 85.2 Å². The summed E-state index contributed by atoms with van der Waals surface area (Å²) < 4.78 is 2.64. The molecule has 1 heterocycles. The van der Waals surface area contributed by atoms with E-state index in [-0.39, 0.29) is 15.0 Å². The van der Waals surface area contributed by atoms with Gasteiger partial charge in [0.05, 0.1) is 0 Å². The number of rotatable bonds is 4. The van der Waals surface area contributed by atoms with E-state index < -0.39 is 0 Å². The van der Waals surface area contributed by atoms with Gasteiger partial charge in [0.1, 0.15) is 0 Å². The molecule has 0 atom stereocenters. The molecule has 0 aliphatic rings. The van der Waals surface area contributed by atoms with E-state index in [2.05, 4.69) is 82.0 Å². The van der Waals surface area contributed by atoms with Gasteiger partial charge in [-0.2, -0.15) is 0 Å². The molecule has 0 spiro atoms. The van der Waals surface area contributed by atoms with Crippen LogP contribution in [0.15, 0.2) is 85.2 Å². The van der Waals surface area contributed by atoms with Crippen molar-refractivity contribution in [3.8, 4) is 0 Å². The van der Waals surface area contributed by atoms with E-state index in [0.717, 1.165) is 5.69 Å². The Morgan fingerprint density at radius 3 is 2.29 bits per heavy atom. The number of aromatic nitrogens is 2. The molecule has 3 aromatic carbocycles. The summed E-state index contributed by atoms with van der Waals surface area (Å²) in [5, 5.41) is 5.84. The fraction of sp³-hybridized carbons (Fsp3) is 0. The molecule has 0 amide bonds. The molecule has 0 aliphatic heterocycles. The molecule has 1 N–H and O–H groups in total. The third-order valence-corrected chi connectivity index (χ3v) is 5.91. The molecule has 4 aromatic rings. The first-order valence-electron chi connectivity index (χ1n) is 7.69. The number of fused-ring (bicyclic) bond motifs is 1. The van der Waals surface area contributed by atoms with Crippen molar-refractivity contribution < 1.29 is 0 Å². The van der Waals surface area contributed by atoms with Crippen molar-refractivity contribution in [3.63, 3.8) is 0 Å². The first-order valence-corrected chi connectivity index (χ1v) is 9.40. The number of hydrogen-bond acceptors (Lipinski definition) is 3. The molecule has 0 saturated heterocycles. The summed E-state index contributed by atoms with van der Waals surface area (Å²) in [6.07, 6.45) is 3.50. The Morgan fingerprint density at radius 2 is 1.46 bits per heavy atom. The van der Waals surface area contributed by atoms with Crippen LogP contribution in [0.5, 0.6) is 0 Å². The van der Waals surface area contributed by atoms with Crippen LogP contribution < -0.4 is 14.2 Å². The van der Waals surface area contributed by atoms with Gasteiger partial charge in [0.2, 0.25) is 0 Å². The maximum atomic E-state index is 4.31. The van der Waals surface area contributed by atoms with Crippen LogP contribution >= 0.6 is 0 Å². The van der Waals surface area contributed by atoms with Gasteiger partial charge in [-0.05, 0) is 0 Å². The summed E-state index contributed by atoms with van der Waals surface area (Å²) >= 11 is 0.211. The van der Waals surface area contributed by atoms with Crippen LogP contribution in [0.1, 0.15) is 0 Å². The normalized spacial score (nSPS) is 10.7. The Balaban J connectivity index is 1.82. The minimum absolute atomic E-state index is 0.211. The fourth-order valence-corrected chi connectivity index (χ4v) is 4.54. The van der Waals surface area contributed by atoms with Gasteiger partial charge < -0.3 is 0 Å². The van der Waals surface area contributed by atoms with Crippen LogP contribution in [0.4, 0.5) is 11.6 Å². The van der Waals surface area contributed by atoms with E-state index in [1.54, 1.807) is 12.4 Å². The number of nitrogens with one attached hydrogen (secondary N) is 1. The molecule has 4 heteroatoms. The quantitative estimate of drug-likeness (QED) is 0.557. The summed E-state index contributed by atoms with van der Waals surface area (Å²) in [5.74, 6) is 0.624. The molecule has 4 rings (SSSR count). The van der Waals surface area contributed by atoms with E-state index in [0.29, 0.717) is 5.95 Å². The molecule has 24 heavy (non-hydrogen) atoms. The van der Waals surface area contributed by atoms with Gasteiger partial charge in [0, 0.05) is 0 Å². The monoisotopic (exact) mass is 377 g/mol. The van der Waals surface area contributed by atoms with Crippen molar-refractivity contribution in [2.24, 2.45) is 0 Å². The molecule has 0 saturated carbocycles. The van der Waals surface area contributed by atoms with Gasteiger partial charge in [-0.25, -0.2) is 0 Å². The number of hydrogen-bond donors (Lipinski definition) is 1. The van der Waals surface area contributed by atoms with E-state index in [9.17, 15) is 0 Å². The molecule has 1 aromatic heterocycles. The van der Waals surface area contributed by atoms with Crippen LogP contribution in [0.2, 0.25) is 0 Å². The topological polar surface area (TPSA) is 37.8 Å². The Hall–Kier alpha value is -2.68. The zero-order chi connectivity index (χ0) is 16.2. The number of nitrogens with zero attached hydrogens (tertiary/aromatic N) is 2. The molecular formula is C20H15N3Se. The van der Waals surface area contributed by atoms with Gasteiger partial charge >= 0.3 is 147 Å².